The first-order chi connectivity index (χ1) is 12.7. The fourth-order valence-electron chi connectivity index (χ4n) is 2.64. The third kappa shape index (κ3) is 5.80. The van der Waals surface area contributed by atoms with Crippen molar-refractivity contribution in [2.24, 2.45) is 0 Å². The zero-order chi connectivity index (χ0) is 20.0. The van der Waals surface area contributed by atoms with Gasteiger partial charge in [0.15, 0.2) is 0 Å². The highest BCUT2D eigenvalue weighted by atomic mass is 32.2. The molecule has 0 bridgehead atoms. The molecule has 0 aliphatic heterocycles. The van der Waals surface area contributed by atoms with E-state index in [0.717, 1.165) is 24.0 Å². The van der Waals surface area contributed by atoms with Crippen LogP contribution in [-0.2, 0) is 14.8 Å². The van der Waals surface area contributed by atoms with E-state index in [2.05, 4.69) is 10.0 Å². The molecule has 0 saturated carbocycles. The molecule has 0 aromatic heterocycles. The standard InChI is InChI=1S/C20H27N3O3S/c1-4-5-6-19(20(24)22-18-12-9-15(3)13-17(18)21)23-27(25,26)16-10-7-14(2)8-11-16/h7-13,19,23H,4-6,21H2,1-3H3,(H,22,24)/t19-/m0/s1. The van der Waals surface area contributed by atoms with Gasteiger partial charge in [0.1, 0.15) is 6.04 Å². The fraction of sp³-hybridized carbons (Fsp3) is 0.350. The maximum absolute atomic E-state index is 12.7. The normalized spacial score (nSPS) is 12.6. The molecule has 0 unspecified atom stereocenters. The summed E-state index contributed by atoms with van der Waals surface area (Å²) in [6.07, 6.45) is 1.97. The molecule has 0 saturated heterocycles. The third-order valence-corrected chi connectivity index (χ3v) is 5.74. The average molecular weight is 390 g/mol. The predicted molar refractivity (Wildman–Crippen MR) is 109 cm³/mol. The summed E-state index contributed by atoms with van der Waals surface area (Å²) in [5, 5.41) is 2.74. The van der Waals surface area contributed by atoms with Crippen molar-refractivity contribution in [1.82, 2.24) is 4.72 Å². The van der Waals surface area contributed by atoms with Gasteiger partial charge in [-0.15, -0.1) is 0 Å². The van der Waals surface area contributed by atoms with Crippen LogP contribution in [0.5, 0.6) is 0 Å². The minimum Gasteiger partial charge on any atom is -0.397 e. The van der Waals surface area contributed by atoms with Gasteiger partial charge in [-0.1, -0.05) is 43.5 Å². The first-order valence-electron chi connectivity index (χ1n) is 8.99. The molecule has 0 heterocycles. The van der Waals surface area contributed by atoms with Crippen LogP contribution >= 0.6 is 0 Å². The minimum atomic E-state index is -3.80. The number of benzene rings is 2. The number of hydrogen-bond acceptors (Lipinski definition) is 4. The fourth-order valence-corrected chi connectivity index (χ4v) is 3.87. The van der Waals surface area contributed by atoms with E-state index in [-0.39, 0.29) is 4.90 Å². The number of carbonyl (C=O) groups is 1. The molecule has 0 radical (unpaired) electrons. The van der Waals surface area contributed by atoms with Crippen LogP contribution in [0.15, 0.2) is 47.4 Å². The predicted octanol–water partition coefficient (Wildman–Crippen LogP) is 3.36. The van der Waals surface area contributed by atoms with Crippen molar-refractivity contribution in [3.63, 3.8) is 0 Å². The summed E-state index contributed by atoms with van der Waals surface area (Å²) in [4.78, 5) is 12.9. The van der Waals surface area contributed by atoms with Crippen LogP contribution < -0.4 is 15.8 Å². The SMILES string of the molecule is CCCC[C@H](NS(=O)(=O)c1ccc(C)cc1)C(=O)Nc1ccc(C)cc1N. The van der Waals surface area contributed by atoms with Crippen molar-refractivity contribution < 1.29 is 13.2 Å². The Hall–Kier alpha value is -2.38. The maximum Gasteiger partial charge on any atom is 0.242 e. The summed E-state index contributed by atoms with van der Waals surface area (Å²) in [6, 6.07) is 10.9. The van der Waals surface area contributed by atoms with E-state index in [1.807, 2.05) is 26.8 Å². The quantitative estimate of drug-likeness (QED) is 0.603. The zero-order valence-electron chi connectivity index (χ0n) is 16.0. The summed E-state index contributed by atoms with van der Waals surface area (Å²) in [6.45, 7) is 5.77. The average Bonchev–Trinajstić information content (AvgIpc) is 2.61. The number of amides is 1. The summed E-state index contributed by atoms with van der Waals surface area (Å²) in [7, 11) is -3.80. The van der Waals surface area contributed by atoms with Gasteiger partial charge in [-0.25, -0.2) is 8.42 Å². The Bertz CT molecular complexity index is 893. The molecule has 0 aliphatic carbocycles. The van der Waals surface area contributed by atoms with Crippen LogP contribution in [0, 0.1) is 13.8 Å². The van der Waals surface area contributed by atoms with E-state index in [1.165, 1.54) is 12.1 Å². The Morgan fingerprint density at radius 3 is 2.30 bits per heavy atom. The molecule has 0 spiro atoms. The van der Waals surface area contributed by atoms with Gasteiger partial charge in [0.25, 0.3) is 0 Å². The molecule has 146 valence electrons. The summed E-state index contributed by atoms with van der Waals surface area (Å²) in [5.74, 6) is -0.422. The molecule has 0 fully saturated rings. The van der Waals surface area contributed by atoms with E-state index in [4.69, 9.17) is 5.73 Å². The van der Waals surface area contributed by atoms with Crippen molar-refractivity contribution in [3.8, 4) is 0 Å². The molecule has 2 rings (SSSR count). The topological polar surface area (TPSA) is 101 Å². The molecular formula is C20H27N3O3S. The molecule has 1 amide bonds. The van der Waals surface area contributed by atoms with E-state index in [0.29, 0.717) is 17.8 Å². The van der Waals surface area contributed by atoms with Crippen LogP contribution in [0.3, 0.4) is 0 Å². The highest BCUT2D eigenvalue weighted by Crippen LogP contribution is 2.20. The number of rotatable bonds is 8. The highest BCUT2D eigenvalue weighted by molar-refractivity contribution is 7.89. The van der Waals surface area contributed by atoms with Crippen molar-refractivity contribution >= 4 is 27.3 Å². The summed E-state index contributed by atoms with van der Waals surface area (Å²) < 4.78 is 27.9. The molecule has 4 N–H and O–H groups in total. The second kappa shape index (κ2) is 9.01. The lowest BCUT2D eigenvalue weighted by atomic mass is 10.1. The third-order valence-electron chi connectivity index (χ3n) is 4.26. The monoisotopic (exact) mass is 389 g/mol. The van der Waals surface area contributed by atoms with Gasteiger partial charge >= 0.3 is 0 Å². The lowest BCUT2D eigenvalue weighted by molar-refractivity contribution is -0.117. The van der Waals surface area contributed by atoms with Gasteiger partial charge in [-0.05, 0) is 50.1 Å². The molecule has 7 heteroatoms. The number of hydrogen-bond donors (Lipinski definition) is 3. The number of unbranched alkanes of at least 4 members (excludes halogenated alkanes) is 1. The highest BCUT2D eigenvalue weighted by Gasteiger charge is 2.25. The van der Waals surface area contributed by atoms with E-state index < -0.39 is 22.0 Å². The molecule has 2 aromatic rings. The van der Waals surface area contributed by atoms with Gasteiger partial charge in [0.05, 0.1) is 16.3 Å². The minimum absolute atomic E-state index is 0.136. The van der Waals surface area contributed by atoms with Crippen LogP contribution in [0.25, 0.3) is 0 Å². The van der Waals surface area contributed by atoms with Crippen molar-refractivity contribution in [2.75, 3.05) is 11.1 Å². The number of nitrogen functional groups attached to an aromatic ring is 1. The Kier molecular flexibility index (Phi) is 6.98. The number of sulfonamides is 1. The molecule has 6 nitrogen and oxygen atoms in total. The van der Waals surface area contributed by atoms with Crippen molar-refractivity contribution in [1.29, 1.82) is 0 Å². The number of aryl methyl sites for hydroxylation is 2. The van der Waals surface area contributed by atoms with Crippen molar-refractivity contribution in [3.05, 3.63) is 53.6 Å². The molecule has 2 aromatic carbocycles. The van der Waals surface area contributed by atoms with Gasteiger partial charge in [0.2, 0.25) is 15.9 Å². The number of nitrogens with one attached hydrogen (secondary N) is 2. The van der Waals surface area contributed by atoms with Gasteiger partial charge in [-0.3, -0.25) is 4.79 Å². The first-order valence-corrected chi connectivity index (χ1v) is 10.5. The van der Waals surface area contributed by atoms with Crippen LogP contribution in [0.2, 0.25) is 0 Å². The first kappa shape index (κ1) is 20.9. The number of nitrogens with two attached hydrogens (primary N) is 1. The second-order valence-electron chi connectivity index (χ2n) is 6.71. The summed E-state index contributed by atoms with van der Waals surface area (Å²) >= 11 is 0. The lowest BCUT2D eigenvalue weighted by Gasteiger charge is -2.19. The number of carbonyl (C=O) groups excluding carboxylic acids is 1. The summed E-state index contributed by atoms with van der Waals surface area (Å²) in [5.41, 5.74) is 8.81. The Morgan fingerprint density at radius 1 is 1.07 bits per heavy atom. The van der Waals surface area contributed by atoms with E-state index >= 15 is 0 Å². The molecular weight excluding hydrogens is 362 g/mol. The Balaban J connectivity index is 2.20. The van der Waals surface area contributed by atoms with Gasteiger partial charge in [0, 0.05) is 0 Å². The zero-order valence-corrected chi connectivity index (χ0v) is 16.8. The van der Waals surface area contributed by atoms with Crippen LogP contribution in [0.1, 0.15) is 37.3 Å². The van der Waals surface area contributed by atoms with Gasteiger partial charge < -0.3 is 11.1 Å². The Labute approximate surface area is 161 Å². The lowest BCUT2D eigenvalue weighted by Crippen LogP contribution is -2.43. The van der Waals surface area contributed by atoms with Crippen molar-refractivity contribution in [2.45, 2.75) is 51.0 Å². The van der Waals surface area contributed by atoms with Crippen LogP contribution in [0.4, 0.5) is 11.4 Å². The smallest absolute Gasteiger partial charge is 0.242 e. The largest absolute Gasteiger partial charge is 0.397 e. The van der Waals surface area contributed by atoms with E-state index in [9.17, 15) is 13.2 Å². The molecule has 0 aliphatic rings. The molecule has 27 heavy (non-hydrogen) atoms. The van der Waals surface area contributed by atoms with Gasteiger partial charge in [-0.2, -0.15) is 4.72 Å². The van der Waals surface area contributed by atoms with Crippen LogP contribution in [-0.4, -0.2) is 20.4 Å². The molecule has 1 atom stereocenters. The number of anilines is 2. The second-order valence-corrected chi connectivity index (χ2v) is 8.42. The maximum atomic E-state index is 12.7. The Morgan fingerprint density at radius 2 is 1.70 bits per heavy atom. The van der Waals surface area contributed by atoms with E-state index in [1.54, 1.807) is 24.3 Å².